The van der Waals surface area contributed by atoms with Crippen molar-refractivity contribution in [3.05, 3.63) is 133 Å². The van der Waals surface area contributed by atoms with Gasteiger partial charge in [0.2, 0.25) is 0 Å². The van der Waals surface area contributed by atoms with Gasteiger partial charge in [0.15, 0.2) is 0 Å². The standard InChI is InChI=1S/C38H30/c1-3-25(2)32-17-10-18-35-36(30-21-19-26-11-4-6-13-28(26)23-30)33-15-8-9-16-34(33)37(38(32)35)31-22-20-27-12-5-7-14-29(27)24-31/h4-25H,3H2,1-2H3. The summed E-state index contributed by atoms with van der Waals surface area (Å²) >= 11 is 0. The molecule has 0 aliphatic heterocycles. The summed E-state index contributed by atoms with van der Waals surface area (Å²) in [4.78, 5) is 0. The fraction of sp³-hybridized carbons (Fsp3) is 0.105. The molecule has 0 fully saturated rings. The van der Waals surface area contributed by atoms with Gasteiger partial charge in [-0.1, -0.05) is 129 Å². The molecule has 182 valence electrons. The molecule has 1 atom stereocenters. The van der Waals surface area contributed by atoms with Crippen molar-refractivity contribution in [2.45, 2.75) is 26.2 Å². The second-order valence-corrected chi connectivity index (χ2v) is 10.5. The van der Waals surface area contributed by atoms with Crippen molar-refractivity contribution in [2.75, 3.05) is 0 Å². The Balaban J connectivity index is 1.66. The van der Waals surface area contributed by atoms with Gasteiger partial charge in [-0.25, -0.2) is 0 Å². The van der Waals surface area contributed by atoms with Crippen LogP contribution in [0.2, 0.25) is 0 Å². The van der Waals surface area contributed by atoms with E-state index < -0.39 is 0 Å². The average Bonchev–Trinajstić information content (AvgIpc) is 2.98. The van der Waals surface area contributed by atoms with Gasteiger partial charge in [-0.05, 0) is 95.4 Å². The van der Waals surface area contributed by atoms with Crippen LogP contribution in [0.4, 0.5) is 0 Å². The normalized spacial score (nSPS) is 12.5. The summed E-state index contributed by atoms with van der Waals surface area (Å²) in [7, 11) is 0. The number of hydrogen-bond acceptors (Lipinski definition) is 0. The molecular weight excluding hydrogens is 456 g/mol. The number of benzene rings is 7. The molecule has 0 amide bonds. The van der Waals surface area contributed by atoms with Crippen molar-refractivity contribution >= 4 is 43.1 Å². The average molecular weight is 487 g/mol. The minimum atomic E-state index is 0.462. The van der Waals surface area contributed by atoms with Crippen LogP contribution < -0.4 is 0 Å². The van der Waals surface area contributed by atoms with Crippen LogP contribution in [0.15, 0.2) is 127 Å². The minimum absolute atomic E-state index is 0.462. The van der Waals surface area contributed by atoms with Crippen LogP contribution in [0.5, 0.6) is 0 Å². The van der Waals surface area contributed by atoms with Crippen LogP contribution in [-0.2, 0) is 0 Å². The highest BCUT2D eigenvalue weighted by Crippen LogP contribution is 2.47. The fourth-order valence-corrected chi connectivity index (χ4v) is 6.19. The lowest BCUT2D eigenvalue weighted by atomic mass is 9.81. The first-order chi connectivity index (χ1) is 18.7. The molecular formula is C38H30. The van der Waals surface area contributed by atoms with Gasteiger partial charge < -0.3 is 0 Å². The van der Waals surface area contributed by atoms with Gasteiger partial charge in [0.05, 0.1) is 0 Å². The predicted octanol–water partition coefficient (Wildman–Crippen LogP) is 11.1. The Kier molecular flexibility index (Phi) is 5.48. The fourth-order valence-electron chi connectivity index (χ4n) is 6.19. The van der Waals surface area contributed by atoms with Crippen LogP contribution in [0.3, 0.4) is 0 Å². The molecule has 38 heavy (non-hydrogen) atoms. The molecule has 0 aromatic heterocycles. The van der Waals surface area contributed by atoms with Crippen LogP contribution >= 0.6 is 0 Å². The Labute approximate surface area is 224 Å². The molecule has 0 bridgehead atoms. The van der Waals surface area contributed by atoms with E-state index in [0.717, 1.165) is 6.42 Å². The molecule has 7 aromatic rings. The van der Waals surface area contributed by atoms with E-state index in [1.807, 2.05) is 0 Å². The van der Waals surface area contributed by atoms with Crippen molar-refractivity contribution in [1.82, 2.24) is 0 Å². The monoisotopic (exact) mass is 486 g/mol. The molecule has 0 N–H and O–H groups in total. The summed E-state index contributed by atoms with van der Waals surface area (Å²) < 4.78 is 0. The predicted molar refractivity (Wildman–Crippen MR) is 166 cm³/mol. The zero-order chi connectivity index (χ0) is 25.6. The molecule has 0 spiro atoms. The Morgan fingerprint density at radius 1 is 0.474 bits per heavy atom. The van der Waals surface area contributed by atoms with E-state index in [0.29, 0.717) is 5.92 Å². The number of hydrogen-bond donors (Lipinski definition) is 0. The lowest BCUT2D eigenvalue weighted by molar-refractivity contribution is 0.740. The highest BCUT2D eigenvalue weighted by Gasteiger charge is 2.20. The van der Waals surface area contributed by atoms with Crippen molar-refractivity contribution in [3.63, 3.8) is 0 Å². The van der Waals surface area contributed by atoms with Gasteiger partial charge in [0.25, 0.3) is 0 Å². The van der Waals surface area contributed by atoms with E-state index in [2.05, 4.69) is 141 Å². The molecule has 0 aliphatic rings. The molecule has 7 rings (SSSR count). The summed E-state index contributed by atoms with van der Waals surface area (Å²) in [6, 6.07) is 47.2. The third kappa shape index (κ3) is 3.60. The summed E-state index contributed by atoms with van der Waals surface area (Å²) in [5, 5.41) is 10.5. The van der Waals surface area contributed by atoms with E-state index in [1.165, 1.54) is 70.9 Å². The molecule has 0 saturated heterocycles. The van der Waals surface area contributed by atoms with E-state index in [4.69, 9.17) is 0 Å². The third-order valence-corrected chi connectivity index (χ3v) is 8.30. The topological polar surface area (TPSA) is 0 Å². The zero-order valence-corrected chi connectivity index (χ0v) is 21.9. The largest absolute Gasteiger partial charge is 0.0648 e. The van der Waals surface area contributed by atoms with Gasteiger partial charge in [-0.2, -0.15) is 0 Å². The summed E-state index contributed by atoms with van der Waals surface area (Å²) in [5.74, 6) is 0.462. The van der Waals surface area contributed by atoms with Crippen molar-refractivity contribution in [2.24, 2.45) is 0 Å². The maximum atomic E-state index is 2.37. The number of rotatable bonds is 4. The smallest absolute Gasteiger partial charge is 0.00233 e. The first-order valence-corrected chi connectivity index (χ1v) is 13.7. The highest BCUT2D eigenvalue weighted by atomic mass is 14.2. The maximum Gasteiger partial charge on any atom is -0.00233 e. The maximum absolute atomic E-state index is 2.37. The highest BCUT2D eigenvalue weighted by molar-refractivity contribution is 6.23. The van der Waals surface area contributed by atoms with Gasteiger partial charge in [0.1, 0.15) is 0 Å². The van der Waals surface area contributed by atoms with Gasteiger partial charge >= 0.3 is 0 Å². The molecule has 0 nitrogen and oxygen atoms in total. The lowest BCUT2D eigenvalue weighted by Crippen LogP contribution is -1.98. The molecule has 0 radical (unpaired) electrons. The Morgan fingerprint density at radius 2 is 0.974 bits per heavy atom. The van der Waals surface area contributed by atoms with Crippen molar-refractivity contribution in [1.29, 1.82) is 0 Å². The van der Waals surface area contributed by atoms with E-state index >= 15 is 0 Å². The second kappa shape index (κ2) is 9.15. The first kappa shape index (κ1) is 22.8. The van der Waals surface area contributed by atoms with E-state index in [1.54, 1.807) is 0 Å². The van der Waals surface area contributed by atoms with Gasteiger partial charge in [0, 0.05) is 0 Å². The molecule has 0 heterocycles. The zero-order valence-electron chi connectivity index (χ0n) is 21.9. The first-order valence-electron chi connectivity index (χ1n) is 13.7. The summed E-state index contributed by atoms with van der Waals surface area (Å²) in [6.07, 6.45) is 1.11. The lowest BCUT2D eigenvalue weighted by Gasteiger charge is -2.22. The van der Waals surface area contributed by atoms with E-state index in [-0.39, 0.29) is 0 Å². The number of fused-ring (bicyclic) bond motifs is 4. The van der Waals surface area contributed by atoms with Crippen LogP contribution in [0.1, 0.15) is 31.7 Å². The molecule has 7 aromatic carbocycles. The van der Waals surface area contributed by atoms with Crippen molar-refractivity contribution in [3.8, 4) is 22.3 Å². The molecule has 0 aliphatic carbocycles. The van der Waals surface area contributed by atoms with Crippen molar-refractivity contribution < 1.29 is 0 Å². The summed E-state index contributed by atoms with van der Waals surface area (Å²) in [5.41, 5.74) is 6.67. The SMILES string of the molecule is CCC(C)c1cccc2c(-c3ccc4ccccc4c3)c3ccccc3c(-c3ccc4ccccc4c3)c12. The van der Waals surface area contributed by atoms with Crippen LogP contribution in [0.25, 0.3) is 65.3 Å². The van der Waals surface area contributed by atoms with Crippen LogP contribution in [0, 0.1) is 0 Å². The van der Waals surface area contributed by atoms with Gasteiger partial charge in [-0.15, -0.1) is 0 Å². The van der Waals surface area contributed by atoms with E-state index in [9.17, 15) is 0 Å². The second-order valence-electron chi connectivity index (χ2n) is 10.5. The Bertz CT molecular complexity index is 1970. The quantitative estimate of drug-likeness (QED) is 0.217. The Hall–Kier alpha value is -4.42. The molecule has 0 saturated carbocycles. The molecule has 1 unspecified atom stereocenters. The minimum Gasteiger partial charge on any atom is -0.0648 e. The third-order valence-electron chi connectivity index (χ3n) is 8.30. The summed E-state index contributed by atoms with van der Waals surface area (Å²) in [6.45, 7) is 4.66. The molecule has 0 heteroatoms. The van der Waals surface area contributed by atoms with Gasteiger partial charge in [-0.3, -0.25) is 0 Å². The van der Waals surface area contributed by atoms with Crippen LogP contribution in [-0.4, -0.2) is 0 Å². The Morgan fingerprint density at radius 3 is 1.58 bits per heavy atom.